The number of likely N-dealkylation sites (tertiary alicyclic amines) is 1. The summed E-state index contributed by atoms with van der Waals surface area (Å²) in [5.41, 5.74) is 4.18. The Balaban J connectivity index is 1.21. The van der Waals surface area contributed by atoms with Gasteiger partial charge in [-0.15, -0.1) is 0 Å². The number of aliphatic hydroxyl groups excluding tert-OH is 1. The molecule has 2 heterocycles. The Kier molecular flexibility index (Phi) is 12.8. The van der Waals surface area contributed by atoms with Crippen molar-refractivity contribution in [1.82, 2.24) is 15.2 Å². The normalized spacial score (nSPS) is 16.7. The van der Waals surface area contributed by atoms with Crippen LogP contribution in [0.4, 0.5) is 0 Å². The van der Waals surface area contributed by atoms with E-state index in [1.54, 1.807) is 24.4 Å². The number of halogens is 2. The Morgan fingerprint density at radius 2 is 1.83 bits per heavy atom. The third-order valence-electron chi connectivity index (χ3n) is 9.95. The molecular formula is C41H44Cl2N4O6. The number of ether oxygens (including phenoxy) is 3. The van der Waals surface area contributed by atoms with Crippen LogP contribution in [0.2, 0.25) is 10.0 Å². The van der Waals surface area contributed by atoms with Crippen molar-refractivity contribution in [3.63, 3.8) is 0 Å². The maximum Gasteiger partial charge on any atom is 0.326 e. The largest absolute Gasteiger partial charge is 0.492 e. The lowest BCUT2D eigenvalue weighted by atomic mass is 9.96. The van der Waals surface area contributed by atoms with E-state index in [1.807, 2.05) is 24.3 Å². The Labute approximate surface area is 320 Å². The van der Waals surface area contributed by atoms with Crippen LogP contribution in [0.15, 0.2) is 67.0 Å². The van der Waals surface area contributed by atoms with E-state index < -0.39 is 18.1 Å². The smallest absolute Gasteiger partial charge is 0.326 e. The molecule has 278 valence electrons. The molecule has 1 aliphatic carbocycles. The molecule has 3 N–H and O–H groups in total. The summed E-state index contributed by atoms with van der Waals surface area (Å²) in [4.78, 5) is 18.5. The van der Waals surface area contributed by atoms with Gasteiger partial charge < -0.3 is 29.3 Å². The van der Waals surface area contributed by atoms with Crippen LogP contribution in [-0.4, -0.2) is 64.5 Å². The number of piperidine rings is 1. The topological polar surface area (TPSA) is 137 Å². The van der Waals surface area contributed by atoms with Crippen LogP contribution in [0, 0.1) is 11.3 Å². The zero-order valence-corrected chi connectivity index (χ0v) is 31.3. The van der Waals surface area contributed by atoms with E-state index in [2.05, 4.69) is 33.4 Å². The number of aromatic nitrogens is 1. The molecule has 10 nitrogen and oxygen atoms in total. The maximum absolute atomic E-state index is 11.8. The van der Waals surface area contributed by atoms with Crippen LogP contribution in [0.5, 0.6) is 17.2 Å². The van der Waals surface area contributed by atoms with Gasteiger partial charge >= 0.3 is 5.97 Å². The molecule has 1 fully saturated rings. The number of carbonyl (C=O) groups is 1. The van der Waals surface area contributed by atoms with Crippen molar-refractivity contribution >= 4 is 29.2 Å². The van der Waals surface area contributed by atoms with Gasteiger partial charge in [-0.3, -0.25) is 15.1 Å². The van der Waals surface area contributed by atoms with Crippen LogP contribution in [0.3, 0.4) is 0 Å². The van der Waals surface area contributed by atoms with Crippen LogP contribution in [0.25, 0.3) is 11.1 Å². The minimum absolute atomic E-state index is 0.0345. The van der Waals surface area contributed by atoms with E-state index in [4.69, 9.17) is 37.4 Å². The third kappa shape index (κ3) is 9.23. The van der Waals surface area contributed by atoms with Gasteiger partial charge in [0.1, 0.15) is 41.6 Å². The molecular weight excluding hydrogens is 715 g/mol. The Bertz CT molecular complexity index is 1960. The second-order valence-corrected chi connectivity index (χ2v) is 14.5. The van der Waals surface area contributed by atoms with Gasteiger partial charge in [-0.05, 0) is 87.0 Å². The number of pyridine rings is 1. The summed E-state index contributed by atoms with van der Waals surface area (Å²) in [5, 5.41) is 32.6. The molecule has 1 unspecified atom stereocenters. The van der Waals surface area contributed by atoms with Crippen molar-refractivity contribution in [1.29, 1.82) is 5.26 Å². The van der Waals surface area contributed by atoms with Crippen LogP contribution >= 0.6 is 23.2 Å². The van der Waals surface area contributed by atoms with Gasteiger partial charge in [-0.25, -0.2) is 0 Å². The van der Waals surface area contributed by atoms with Gasteiger partial charge in [-0.2, -0.15) is 5.26 Å². The Morgan fingerprint density at radius 3 is 2.60 bits per heavy atom. The van der Waals surface area contributed by atoms with Crippen molar-refractivity contribution in [2.75, 3.05) is 32.8 Å². The predicted molar refractivity (Wildman–Crippen MR) is 204 cm³/mol. The minimum atomic E-state index is -1.59. The molecule has 0 spiro atoms. The summed E-state index contributed by atoms with van der Waals surface area (Å²) >= 11 is 13.8. The molecule has 2 atom stereocenters. The summed E-state index contributed by atoms with van der Waals surface area (Å²) in [7, 11) is 0. The quantitative estimate of drug-likeness (QED) is 0.0973. The average molecular weight is 760 g/mol. The first-order chi connectivity index (χ1) is 25.7. The second-order valence-electron chi connectivity index (χ2n) is 13.8. The molecule has 0 amide bonds. The highest BCUT2D eigenvalue weighted by molar-refractivity contribution is 6.35. The van der Waals surface area contributed by atoms with Crippen molar-refractivity contribution in [2.45, 2.75) is 70.2 Å². The average Bonchev–Trinajstić information content (AvgIpc) is 3.59. The number of aliphatic hydroxyl groups is 1. The fraction of sp³-hybridized carbons (Fsp3) is 0.390. The highest BCUT2D eigenvalue weighted by Crippen LogP contribution is 2.45. The summed E-state index contributed by atoms with van der Waals surface area (Å²) in [6, 6.07) is 19.2. The lowest BCUT2D eigenvalue weighted by Gasteiger charge is -2.26. The number of aliphatic carboxylic acids is 1. The molecule has 1 saturated heterocycles. The number of benzene rings is 3. The number of carboxylic acid groups (broad SMARTS) is 1. The van der Waals surface area contributed by atoms with E-state index in [0.29, 0.717) is 57.0 Å². The van der Waals surface area contributed by atoms with Gasteiger partial charge in [0, 0.05) is 48.2 Å². The van der Waals surface area contributed by atoms with E-state index in [9.17, 15) is 20.3 Å². The highest BCUT2D eigenvalue weighted by atomic mass is 35.5. The first kappa shape index (κ1) is 38.4. The standard InChI is InChI=1S/C41H44Cl2N4O6/c1-41(26-48,40(49)50)46-24-29-19-34(42)38(20-37(29)52-25-28-18-27(21-44)22-45-23-28)53-35-13-12-31-30(8-5-9-32(31)35)33-10-6-11-36(39(33)43)51-17-7-16-47-14-3-2-4-15-47/h5-6,8-11,18-20,22-23,35,46,48H,2-4,7,12-17,24-26H2,1H3,(H,49,50)/t35-,41?/m0/s1. The summed E-state index contributed by atoms with van der Waals surface area (Å²) in [5.74, 6) is 0.281. The Morgan fingerprint density at radius 1 is 1.04 bits per heavy atom. The molecule has 0 radical (unpaired) electrons. The molecule has 0 saturated carbocycles. The summed E-state index contributed by atoms with van der Waals surface area (Å²) in [6.07, 6.45) is 9.08. The number of hydrogen-bond donors (Lipinski definition) is 3. The van der Waals surface area contributed by atoms with Gasteiger partial charge in [-0.1, -0.05) is 60.0 Å². The van der Waals surface area contributed by atoms with Gasteiger partial charge in [0.15, 0.2) is 0 Å². The summed E-state index contributed by atoms with van der Waals surface area (Å²) in [6.45, 7) is 4.87. The summed E-state index contributed by atoms with van der Waals surface area (Å²) < 4.78 is 19.0. The fourth-order valence-corrected chi connectivity index (χ4v) is 7.36. The van der Waals surface area contributed by atoms with Crippen molar-refractivity contribution in [3.8, 4) is 34.4 Å². The van der Waals surface area contributed by atoms with Crippen LogP contribution in [0.1, 0.15) is 72.9 Å². The number of fused-ring (bicyclic) bond motifs is 1. The highest BCUT2D eigenvalue weighted by Gasteiger charge is 2.33. The molecule has 53 heavy (non-hydrogen) atoms. The number of rotatable bonds is 16. The molecule has 12 heteroatoms. The first-order valence-electron chi connectivity index (χ1n) is 18.0. The number of carboxylic acids is 1. The molecule has 1 aromatic heterocycles. The van der Waals surface area contributed by atoms with Crippen molar-refractivity contribution < 1.29 is 29.2 Å². The molecule has 3 aromatic carbocycles. The predicted octanol–water partition coefficient (Wildman–Crippen LogP) is 7.75. The SMILES string of the molecule is CC(CO)(NCc1cc(Cl)c(O[C@H]2CCc3c(-c4cccc(OCCCN5CCCCC5)c4Cl)cccc32)cc1OCc1cncc(C#N)c1)C(=O)O. The monoisotopic (exact) mass is 758 g/mol. The zero-order valence-electron chi connectivity index (χ0n) is 29.7. The van der Waals surface area contributed by atoms with Crippen LogP contribution < -0.4 is 19.5 Å². The van der Waals surface area contributed by atoms with Crippen molar-refractivity contribution in [3.05, 3.63) is 105 Å². The minimum Gasteiger partial charge on any atom is -0.492 e. The van der Waals surface area contributed by atoms with Gasteiger partial charge in [0.2, 0.25) is 0 Å². The van der Waals surface area contributed by atoms with E-state index in [-0.39, 0.29) is 19.3 Å². The molecule has 4 aromatic rings. The van der Waals surface area contributed by atoms with Crippen LogP contribution in [-0.2, 0) is 24.4 Å². The third-order valence-corrected chi connectivity index (χ3v) is 10.6. The number of nitrogens with zero attached hydrogens (tertiary/aromatic N) is 3. The van der Waals surface area contributed by atoms with Gasteiger partial charge in [0.05, 0.1) is 28.8 Å². The Hall–Kier alpha value is -4.37. The molecule has 1 aliphatic heterocycles. The lowest BCUT2D eigenvalue weighted by Crippen LogP contribution is -2.52. The molecule has 6 rings (SSSR count). The number of hydrogen-bond acceptors (Lipinski definition) is 9. The first-order valence-corrected chi connectivity index (χ1v) is 18.8. The van der Waals surface area contributed by atoms with E-state index >= 15 is 0 Å². The maximum atomic E-state index is 11.8. The lowest BCUT2D eigenvalue weighted by molar-refractivity contribution is -0.145. The fourth-order valence-electron chi connectivity index (χ4n) is 6.84. The zero-order chi connectivity index (χ0) is 37.4. The van der Waals surface area contributed by atoms with Gasteiger partial charge in [0.25, 0.3) is 0 Å². The number of nitrogens with one attached hydrogen (secondary N) is 1. The second kappa shape index (κ2) is 17.6. The number of nitriles is 1. The molecule has 2 aliphatic rings. The van der Waals surface area contributed by atoms with E-state index in [0.717, 1.165) is 41.6 Å². The van der Waals surface area contributed by atoms with E-state index in [1.165, 1.54) is 45.5 Å². The van der Waals surface area contributed by atoms with Crippen molar-refractivity contribution in [2.24, 2.45) is 0 Å². The molecule has 0 bridgehead atoms.